The van der Waals surface area contributed by atoms with E-state index in [1.807, 2.05) is 30.3 Å². The Morgan fingerprint density at radius 1 is 0.875 bits per heavy atom. The molecule has 0 aliphatic rings. The van der Waals surface area contributed by atoms with E-state index in [-0.39, 0.29) is 0 Å². The average molecular weight is 209 g/mol. The highest BCUT2D eigenvalue weighted by molar-refractivity contribution is 6.07. The minimum Gasteiger partial charge on any atom is -0.396 e. The molecule has 2 aromatic carbocycles. The molecular formula is C13H11N3. The minimum atomic E-state index is 0.391. The summed E-state index contributed by atoms with van der Waals surface area (Å²) in [6.07, 6.45) is 0. The summed E-state index contributed by atoms with van der Waals surface area (Å²) in [7, 11) is 0. The molecule has 0 aliphatic carbocycles. The Balaban J connectivity index is 2.55. The van der Waals surface area contributed by atoms with Crippen molar-refractivity contribution in [2.45, 2.75) is 0 Å². The third-order valence-corrected chi connectivity index (χ3v) is 2.78. The normalized spacial score (nSPS) is 11.0. The Hall–Kier alpha value is -2.29. The number of rotatable bonds is 0. The van der Waals surface area contributed by atoms with E-state index in [1.165, 1.54) is 5.39 Å². The van der Waals surface area contributed by atoms with Crippen LogP contribution in [0.1, 0.15) is 0 Å². The summed E-state index contributed by atoms with van der Waals surface area (Å²) < 4.78 is 0. The zero-order valence-corrected chi connectivity index (χ0v) is 8.64. The van der Waals surface area contributed by atoms with Crippen LogP contribution >= 0.6 is 0 Å². The van der Waals surface area contributed by atoms with Crippen LogP contribution in [0.25, 0.3) is 21.7 Å². The molecule has 0 radical (unpaired) electrons. The molecule has 0 aliphatic heterocycles. The van der Waals surface area contributed by atoms with Gasteiger partial charge in [0.15, 0.2) is 0 Å². The van der Waals surface area contributed by atoms with Crippen molar-refractivity contribution < 1.29 is 0 Å². The predicted octanol–water partition coefficient (Wildman–Crippen LogP) is 2.55. The lowest BCUT2D eigenvalue weighted by molar-refractivity contribution is 1.42. The summed E-state index contributed by atoms with van der Waals surface area (Å²) in [6.45, 7) is 0. The standard InChI is InChI=1S/C13H11N3/c14-11-7-10-9-4-2-1-3-8(9)5-6-12(10)16-13(11)15/h1-7H,14H2,(H2,15,16). The second-order valence-corrected chi connectivity index (χ2v) is 3.82. The molecule has 1 aromatic heterocycles. The smallest absolute Gasteiger partial charge is 0.147 e. The van der Waals surface area contributed by atoms with Crippen molar-refractivity contribution in [2.75, 3.05) is 11.5 Å². The zero-order chi connectivity index (χ0) is 11.1. The van der Waals surface area contributed by atoms with Crippen molar-refractivity contribution in [1.29, 1.82) is 0 Å². The molecule has 3 heteroatoms. The maximum atomic E-state index is 5.79. The number of fused-ring (bicyclic) bond motifs is 3. The van der Waals surface area contributed by atoms with Crippen LogP contribution in [0.15, 0.2) is 42.5 Å². The van der Waals surface area contributed by atoms with Crippen molar-refractivity contribution in [3.05, 3.63) is 42.5 Å². The van der Waals surface area contributed by atoms with Crippen LogP contribution in [-0.2, 0) is 0 Å². The van der Waals surface area contributed by atoms with Crippen LogP contribution in [0.3, 0.4) is 0 Å². The van der Waals surface area contributed by atoms with Crippen LogP contribution in [0.2, 0.25) is 0 Å². The van der Waals surface area contributed by atoms with Crippen molar-refractivity contribution in [3.8, 4) is 0 Å². The molecule has 0 bridgehead atoms. The summed E-state index contributed by atoms with van der Waals surface area (Å²) in [5, 5.41) is 3.38. The van der Waals surface area contributed by atoms with E-state index >= 15 is 0 Å². The van der Waals surface area contributed by atoms with E-state index in [1.54, 1.807) is 0 Å². The molecule has 3 aromatic rings. The fourth-order valence-corrected chi connectivity index (χ4v) is 1.96. The molecule has 78 valence electrons. The van der Waals surface area contributed by atoms with Gasteiger partial charge < -0.3 is 11.5 Å². The van der Waals surface area contributed by atoms with Crippen molar-refractivity contribution >= 4 is 33.2 Å². The summed E-state index contributed by atoms with van der Waals surface area (Å²) >= 11 is 0. The van der Waals surface area contributed by atoms with Crippen LogP contribution in [0.4, 0.5) is 11.5 Å². The number of benzene rings is 2. The Morgan fingerprint density at radius 3 is 2.56 bits per heavy atom. The van der Waals surface area contributed by atoms with Crippen LogP contribution in [0, 0.1) is 0 Å². The largest absolute Gasteiger partial charge is 0.396 e. The third kappa shape index (κ3) is 1.18. The number of pyridine rings is 1. The number of aromatic nitrogens is 1. The van der Waals surface area contributed by atoms with Gasteiger partial charge in [0, 0.05) is 5.39 Å². The molecule has 0 atom stereocenters. The predicted molar refractivity (Wildman–Crippen MR) is 68.1 cm³/mol. The number of hydrogen-bond donors (Lipinski definition) is 2. The Bertz CT molecular complexity index is 689. The average Bonchev–Trinajstić information content (AvgIpc) is 2.31. The highest BCUT2D eigenvalue weighted by Gasteiger charge is 2.04. The van der Waals surface area contributed by atoms with Gasteiger partial charge in [-0.3, -0.25) is 0 Å². The SMILES string of the molecule is Nc1cc2c(ccc3ccccc32)nc1N. The fourth-order valence-electron chi connectivity index (χ4n) is 1.96. The molecule has 4 N–H and O–H groups in total. The molecule has 16 heavy (non-hydrogen) atoms. The summed E-state index contributed by atoms with van der Waals surface area (Å²) in [5.41, 5.74) is 12.9. The molecule has 0 unspecified atom stereocenters. The number of hydrogen-bond acceptors (Lipinski definition) is 3. The molecule has 0 spiro atoms. The Labute approximate surface area is 92.7 Å². The number of anilines is 2. The first-order valence-electron chi connectivity index (χ1n) is 5.09. The lowest BCUT2D eigenvalue weighted by Gasteiger charge is -2.05. The Morgan fingerprint density at radius 2 is 1.69 bits per heavy atom. The van der Waals surface area contributed by atoms with Gasteiger partial charge in [0.25, 0.3) is 0 Å². The molecule has 3 rings (SSSR count). The van der Waals surface area contributed by atoms with E-state index in [0.717, 1.165) is 16.3 Å². The van der Waals surface area contributed by atoms with Crippen LogP contribution in [0.5, 0.6) is 0 Å². The lowest BCUT2D eigenvalue weighted by Crippen LogP contribution is -1.97. The van der Waals surface area contributed by atoms with Gasteiger partial charge in [-0.05, 0) is 22.9 Å². The van der Waals surface area contributed by atoms with Gasteiger partial charge in [-0.25, -0.2) is 4.98 Å². The quantitative estimate of drug-likeness (QED) is 0.559. The second kappa shape index (κ2) is 3.10. The van der Waals surface area contributed by atoms with Crippen LogP contribution in [-0.4, -0.2) is 4.98 Å². The van der Waals surface area contributed by atoms with Crippen molar-refractivity contribution in [1.82, 2.24) is 4.98 Å². The monoisotopic (exact) mass is 209 g/mol. The first kappa shape index (κ1) is 8.97. The van der Waals surface area contributed by atoms with E-state index in [4.69, 9.17) is 11.5 Å². The molecule has 1 heterocycles. The van der Waals surface area contributed by atoms with E-state index in [2.05, 4.69) is 17.1 Å². The lowest BCUT2D eigenvalue weighted by atomic mass is 10.0. The van der Waals surface area contributed by atoms with Gasteiger partial charge in [-0.2, -0.15) is 0 Å². The summed E-state index contributed by atoms with van der Waals surface area (Å²) in [6, 6.07) is 14.1. The number of nitrogens with zero attached hydrogens (tertiary/aromatic N) is 1. The molecule has 3 nitrogen and oxygen atoms in total. The maximum Gasteiger partial charge on any atom is 0.147 e. The summed E-state index contributed by atoms with van der Waals surface area (Å²) in [4.78, 5) is 4.28. The van der Waals surface area contributed by atoms with Crippen molar-refractivity contribution in [3.63, 3.8) is 0 Å². The van der Waals surface area contributed by atoms with Gasteiger partial charge in [0.05, 0.1) is 11.2 Å². The topological polar surface area (TPSA) is 64.9 Å². The van der Waals surface area contributed by atoms with Gasteiger partial charge in [-0.15, -0.1) is 0 Å². The van der Waals surface area contributed by atoms with Crippen LogP contribution < -0.4 is 11.5 Å². The Kier molecular flexibility index (Phi) is 1.74. The summed E-state index contributed by atoms with van der Waals surface area (Å²) in [5.74, 6) is 0.391. The minimum absolute atomic E-state index is 0.391. The highest BCUT2D eigenvalue weighted by Crippen LogP contribution is 2.27. The maximum absolute atomic E-state index is 5.79. The second-order valence-electron chi connectivity index (χ2n) is 3.82. The highest BCUT2D eigenvalue weighted by atomic mass is 14.9. The van der Waals surface area contributed by atoms with E-state index in [9.17, 15) is 0 Å². The molecule has 0 saturated carbocycles. The first-order valence-corrected chi connectivity index (χ1v) is 5.09. The molecule has 0 saturated heterocycles. The number of nitrogens with two attached hydrogens (primary N) is 2. The van der Waals surface area contributed by atoms with Gasteiger partial charge in [0.2, 0.25) is 0 Å². The molecular weight excluding hydrogens is 198 g/mol. The first-order chi connectivity index (χ1) is 7.75. The van der Waals surface area contributed by atoms with Crippen molar-refractivity contribution in [2.24, 2.45) is 0 Å². The number of nitrogen functional groups attached to an aromatic ring is 2. The van der Waals surface area contributed by atoms with Gasteiger partial charge in [-0.1, -0.05) is 30.3 Å². The van der Waals surface area contributed by atoms with Gasteiger partial charge >= 0.3 is 0 Å². The van der Waals surface area contributed by atoms with E-state index in [0.29, 0.717) is 11.5 Å². The zero-order valence-electron chi connectivity index (χ0n) is 8.64. The third-order valence-electron chi connectivity index (χ3n) is 2.78. The molecule has 0 fully saturated rings. The van der Waals surface area contributed by atoms with Gasteiger partial charge in [0.1, 0.15) is 5.82 Å². The fraction of sp³-hybridized carbons (Fsp3) is 0. The van der Waals surface area contributed by atoms with E-state index < -0.39 is 0 Å². The molecule has 0 amide bonds.